The monoisotopic (exact) mass is 134 g/mol. The topological polar surface area (TPSA) is 0 Å². The van der Waals surface area contributed by atoms with Gasteiger partial charge in [-0.15, -0.1) is 0 Å². The lowest BCUT2D eigenvalue weighted by molar-refractivity contribution is 2.50. The van der Waals surface area contributed by atoms with E-state index >= 15 is 0 Å². The predicted octanol–water partition coefficient (Wildman–Crippen LogP) is -0.967. The van der Waals surface area contributed by atoms with Crippen LogP contribution in [-0.2, 0) is 0 Å². The van der Waals surface area contributed by atoms with Gasteiger partial charge in [0.1, 0.15) is 0 Å². The Morgan fingerprint density at radius 2 is 1.00 bits per heavy atom. The molecule has 0 amide bonds. The summed E-state index contributed by atoms with van der Waals surface area (Å²) >= 11 is 4.91. The van der Waals surface area contributed by atoms with Gasteiger partial charge in [0.25, 0.3) is 0 Å². The Labute approximate surface area is 76.5 Å². The summed E-state index contributed by atoms with van der Waals surface area (Å²) in [5, 5.41) is 0. The molecule has 0 nitrogen and oxygen atoms in total. The van der Waals surface area contributed by atoms with Crippen molar-refractivity contribution in [3.8, 4) is 0 Å². The fourth-order valence-electron chi connectivity index (χ4n) is 0. The number of hydrogen-bond acceptors (Lipinski definition) is 0. The van der Waals surface area contributed by atoms with E-state index in [0.717, 1.165) is 0 Å². The van der Waals surface area contributed by atoms with E-state index in [1.165, 1.54) is 0 Å². The van der Waals surface area contributed by atoms with E-state index in [-0.39, 0.29) is 34.7 Å². The van der Waals surface area contributed by atoms with Crippen molar-refractivity contribution in [2.24, 2.45) is 0 Å². The summed E-state index contributed by atoms with van der Waals surface area (Å²) < 4.78 is 0. The smallest absolute Gasteiger partial charge is 0.158 e. The maximum atomic E-state index is 2.45. The minimum absolute atomic E-state index is 0. The van der Waals surface area contributed by atoms with E-state index in [2.05, 4.69) is 32.6 Å². The van der Waals surface area contributed by atoms with Crippen molar-refractivity contribution in [2.45, 2.75) is 0 Å². The zero-order chi connectivity index (χ0) is 3.41. The van der Waals surface area contributed by atoms with E-state index in [1.54, 1.807) is 0 Å². The van der Waals surface area contributed by atoms with Crippen LogP contribution in [-0.4, -0.2) is 67.3 Å². The van der Waals surface area contributed by atoms with Crippen LogP contribution in [0.1, 0.15) is 0 Å². The molecule has 0 rings (SSSR count). The maximum absolute atomic E-state index is 2.45. The summed E-state index contributed by atoms with van der Waals surface area (Å²) in [6, 6.07) is 0. The minimum atomic E-state index is 0. The van der Waals surface area contributed by atoms with Gasteiger partial charge in [0.15, 0.2) is 32.6 Å². The first-order valence-corrected chi connectivity index (χ1v) is 2.33. The largest absolute Gasteiger partial charge is 0.193 e. The third kappa shape index (κ3) is 16.9. The van der Waals surface area contributed by atoms with Gasteiger partial charge in [-0.25, -0.2) is 0 Å². The van der Waals surface area contributed by atoms with E-state index < -0.39 is 0 Å². The molecule has 0 saturated carbocycles. The van der Waals surface area contributed by atoms with Crippen LogP contribution in [0.4, 0.5) is 0 Å². The molecule has 0 aromatic rings. The summed E-state index contributed by atoms with van der Waals surface area (Å²) in [7, 11) is 0. The average Bonchev–Trinajstić information content (AvgIpc) is 1.37. The van der Waals surface area contributed by atoms with Crippen LogP contribution in [0.5, 0.6) is 0 Å². The zero-order valence-corrected chi connectivity index (χ0v) is 8.08. The van der Waals surface area contributed by atoms with E-state index in [1.807, 2.05) is 9.88 Å². The molecule has 0 N–H and O–H groups in total. The van der Waals surface area contributed by atoms with Crippen LogP contribution in [0.15, 0.2) is 9.88 Å². The van der Waals surface area contributed by atoms with Gasteiger partial charge < -0.3 is 0 Å². The summed E-state index contributed by atoms with van der Waals surface area (Å²) in [6.07, 6.45) is 0. The lowest BCUT2D eigenvalue weighted by atomic mass is 11.2. The van der Waals surface area contributed by atoms with Crippen molar-refractivity contribution < 1.29 is 0 Å². The molecule has 0 heterocycles. The first kappa shape index (κ1) is 15.7. The Morgan fingerprint density at radius 1 is 0.833 bits per heavy atom. The molecule has 0 aliphatic heterocycles. The average molecular weight is 134 g/mol. The minimum Gasteiger partial charge on any atom is -0.193 e. The summed E-state index contributed by atoms with van der Waals surface area (Å²) in [5.41, 5.74) is 0. The first-order chi connectivity index (χ1) is 1.91. The lowest BCUT2D eigenvalue weighted by Crippen LogP contribution is -1.47. The molecule has 0 bridgehead atoms. The van der Waals surface area contributed by atoms with Crippen molar-refractivity contribution in [1.82, 2.24) is 0 Å². The molecule has 0 atom stereocenters. The summed E-state index contributed by atoms with van der Waals surface area (Å²) in [5.74, 6) is 0. The molecule has 6 heavy (non-hydrogen) atoms. The molecule has 0 fully saturated rings. The molecule has 0 aliphatic carbocycles. The number of hydrogen-bond donors (Lipinski definition) is 0. The van der Waals surface area contributed by atoms with Gasteiger partial charge >= 0.3 is 0 Å². The van der Waals surface area contributed by atoms with Gasteiger partial charge in [-0.05, 0) is 0 Å². The van der Waals surface area contributed by atoms with Gasteiger partial charge in [0.2, 0.25) is 0 Å². The summed E-state index contributed by atoms with van der Waals surface area (Å²) in [4.78, 5) is 3.76. The molecule has 0 aliphatic rings. The second-order valence-electron chi connectivity index (χ2n) is 0.385. The van der Waals surface area contributed by atoms with Crippen molar-refractivity contribution in [3.63, 3.8) is 0 Å². The Bertz CT molecular complexity index is 20.7. The second-order valence-corrected chi connectivity index (χ2v) is 1.15. The SMILES string of the molecule is [Al].[Al].[Al][CH]=[CH][Al]. The van der Waals surface area contributed by atoms with Crippen molar-refractivity contribution >= 4 is 67.3 Å². The van der Waals surface area contributed by atoms with Crippen molar-refractivity contribution in [1.29, 1.82) is 0 Å². The van der Waals surface area contributed by atoms with Gasteiger partial charge in [-0.1, -0.05) is 0 Å². The third-order valence-corrected chi connectivity index (χ3v) is 1.00. The lowest BCUT2D eigenvalue weighted by Gasteiger charge is -1.50. The molecule has 22 valence electrons. The van der Waals surface area contributed by atoms with Gasteiger partial charge in [-0.2, -0.15) is 9.88 Å². The van der Waals surface area contributed by atoms with Gasteiger partial charge in [0.05, 0.1) is 0 Å². The molecular formula is C2H2Al4. The molecular weight excluding hydrogens is 132 g/mol. The third-order valence-electron chi connectivity index (χ3n) is 0.111. The molecule has 0 spiro atoms. The fraction of sp³-hybridized carbons (Fsp3) is 0. The number of rotatable bonds is 0. The zero-order valence-electron chi connectivity index (χ0n) is 3.46. The second kappa shape index (κ2) is 15.8. The molecule has 0 aromatic carbocycles. The van der Waals surface area contributed by atoms with Crippen LogP contribution in [0.2, 0.25) is 0 Å². The molecule has 10 radical (unpaired) electrons. The fourth-order valence-corrected chi connectivity index (χ4v) is 0. The van der Waals surface area contributed by atoms with Crippen LogP contribution >= 0.6 is 0 Å². The van der Waals surface area contributed by atoms with Gasteiger partial charge in [0, 0.05) is 34.7 Å². The van der Waals surface area contributed by atoms with Crippen LogP contribution in [0, 0.1) is 0 Å². The Morgan fingerprint density at radius 3 is 1.00 bits per heavy atom. The molecule has 4 heteroatoms. The Hall–Kier alpha value is 1.87. The Kier molecular flexibility index (Phi) is 41.3. The molecule has 0 saturated heterocycles. The van der Waals surface area contributed by atoms with Gasteiger partial charge in [-0.3, -0.25) is 0 Å². The predicted molar refractivity (Wildman–Crippen MR) is 32.2 cm³/mol. The highest BCUT2D eigenvalue weighted by Crippen LogP contribution is 1.42. The summed E-state index contributed by atoms with van der Waals surface area (Å²) in [6.45, 7) is 0. The van der Waals surface area contributed by atoms with Crippen molar-refractivity contribution in [3.05, 3.63) is 9.88 Å². The highest BCUT2D eigenvalue weighted by molar-refractivity contribution is 6.25. The van der Waals surface area contributed by atoms with Crippen LogP contribution < -0.4 is 0 Å². The van der Waals surface area contributed by atoms with Crippen molar-refractivity contribution in [2.75, 3.05) is 0 Å². The Balaban J connectivity index is -0.0000000450. The highest BCUT2D eigenvalue weighted by atomic mass is 27.1. The van der Waals surface area contributed by atoms with Crippen LogP contribution in [0.3, 0.4) is 0 Å². The van der Waals surface area contributed by atoms with Crippen LogP contribution in [0.25, 0.3) is 0 Å². The standard InChI is InChI=1S/C2H2.4Al/c1-2;;;;/h1-2H;;;;. The highest BCUT2D eigenvalue weighted by Gasteiger charge is 1.35. The quantitative estimate of drug-likeness (QED) is 0.374. The van der Waals surface area contributed by atoms with E-state index in [0.29, 0.717) is 0 Å². The maximum Gasteiger partial charge on any atom is 0.158 e. The first-order valence-electron chi connectivity index (χ1n) is 1.00. The normalized spacial score (nSPS) is 6.00. The molecule has 0 unspecified atom stereocenters. The van der Waals surface area contributed by atoms with E-state index in [9.17, 15) is 0 Å². The molecule has 0 aromatic heterocycles. The van der Waals surface area contributed by atoms with E-state index in [4.69, 9.17) is 0 Å².